The lowest BCUT2D eigenvalue weighted by Gasteiger charge is -2.11. The lowest BCUT2D eigenvalue weighted by Crippen LogP contribution is -2.21. The molecule has 0 saturated carbocycles. The summed E-state index contributed by atoms with van der Waals surface area (Å²) in [6.45, 7) is 3.22. The second-order valence-electron chi connectivity index (χ2n) is 5.27. The predicted octanol–water partition coefficient (Wildman–Crippen LogP) is 2.62. The number of carbonyl (C=O) groups excluding carboxylic acids is 1. The maximum Gasteiger partial charge on any atom is 0.262 e. The van der Waals surface area contributed by atoms with Crippen LogP contribution in [-0.2, 0) is 14.8 Å². The minimum atomic E-state index is -3.85. The fraction of sp³-hybridized carbons (Fsp3) is 0.188. The standard InChI is InChI=1S/C16H17ClN2O4S/c1-10-3-5-13(8-15(10)24(18,21)22)19-16(20)9-23-14-6-4-12(17)7-11(14)2/h3-8H,9H2,1-2H3,(H,19,20)(H2,18,21,22). The van der Waals surface area contributed by atoms with E-state index in [0.717, 1.165) is 5.56 Å². The van der Waals surface area contributed by atoms with E-state index >= 15 is 0 Å². The highest BCUT2D eigenvalue weighted by atomic mass is 35.5. The summed E-state index contributed by atoms with van der Waals surface area (Å²) in [6.07, 6.45) is 0. The number of nitrogens with two attached hydrogens (primary N) is 1. The number of benzene rings is 2. The predicted molar refractivity (Wildman–Crippen MR) is 92.9 cm³/mol. The summed E-state index contributed by atoms with van der Waals surface area (Å²) in [4.78, 5) is 11.9. The smallest absolute Gasteiger partial charge is 0.262 e. The molecule has 1 amide bonds. The molecule has 128 valence electrons. The molecule has 0 unspecified atom stereocenters. The molecule has 0 aliphatic carbocycles. The van der Waals surface area contributed by atoms with Gasteiger partial charge >= 0.3 is 0 Å². The molecule has 0 atom stereocenters. The van der Waals surface area contributed by atoms with E-state index in [1.807, 2.05) is 6.92 Å². The fourth-order valence-electron chi connectivity index (χ4n) is 2.10. The number of sulfonamides is 1. The molecular weight excluding hydrogens is 352 g/mol. The van der Waals surface area contributed by atoms with Gasteiger partial charge in [-0.1, -0.05) is 17.7 Å². The van der Waals surface area contributed by atoms with Crippen LogP contribution >= 0.6 is 11.6 Å². The number of nitrogens with one attached hydrogen (secondary N) is 1. The molecule has 0 aliphatic rings. The minimum Gasteiger partial charge on any atom is -0.483 e. The van der Waals surface area contributed by atoms with Crippen LogP contribution in [0.1, 0.15) is 11.1 Å². The molecule has 0 radical (unpaired) electrons. The van der Waals surface area contributed by atoms with Crippen molar-refractivity contribution in [2.45, 2.75) is 18.7 Å². The van der Waals surface area contributed by atoms with Crippen molar-refractivity contribution in [2.24, 2.45) is 5.14 Å². The molecule has 8 heteroatoms. The number of ether oxygens (including phenoxy) is 1. The van der Waals surface area contributed by atoms with Gasteiger partial charge in [0.25, 0.3) is 5.91 Å². The van der Waals surface area contributed by atoms with Crippen LogP contribution in [0.15, 0.2) is 41.3 Å². The van der Waals surface area contributed by atoms with Crippen molar-refractivity contribution >= 4 is 33.2 Å². The minimum absolute atomic E-state index is 0.0326. The van der Waals surface area contributed by atoms with Crippen molar-refractivity contribution in [2.75, 3.05) is 11.9 Å². The van der Waals surface area contributed by atoms with E-state index in [-0.39, 0.29) is 11.5 Å². The quantitative estimate of drug-likeness (QED) is 0.847. The van der Waals surface area contributed by atoms with Crippen molar-refractivity contribution in [3.05, 3.63) is 52.5 Å². The lowest BCUT2D eigenvalue weighted by atomic mass is 10.2. The van der Waals surface area contributed by atoms with Gasteiger partial charge < -0.3 is 10.1 Å². The highest BCUT2D eigenvalue weighted by molar-refractivity contribution is 7.89. The summed E-state index contributed by atoms with van der Waals surface area (Å²) in [5, 5.41) is 8.30. The van der Waals surface area contributed by atoms with Crippen LogP contribution in [0, 0.1) is 13.8 Å². The van der Waals surface area contributed by atoms with Gasteiger partial charge in [0.2, 0.25) is 10.0 Å². The van der Waals surface area contributed by atoms with Gasteiger partial charge in [0.1, 0.15) is 5.75 Å². The first-order chi connectivity index (χ1) is 11.2. The van der Waals surface area contributed by atoms with E-state index in [9.17, 15) is 13.2 Å². The number of hydrogen-bond donors (Lipinski definition) is 2. The molecule has 0 aliphatic heterocycles. The SMILES string of the molecule is Cc1cc(Cl)ccc1OCC(=O)Nc1ccc(C)c(S(N)(=O)=O)c1. The second-order valence-corrected chi connectivity index (χ2v) is 7.24. The van der Waals surface area contributed by atoms with Gasteiger partial charge in [-0.25, -0.2) is 13.6 Å². The first kappa shape index (κ1) is 18.3. The molecule has 0 spiro atoms. The average Bonchev–Trinajstić information content (AvgIpc) is 2.47. The molecule has 0 saturated heterocycles. The van der Waals surface area contributed by atoms with Gasteiger partial charge in [0.15, 0.2) is 6.61 Å². The van der Waals surface area contributed by atoms with Crippen molar-refractivity contribution in [3.63, 3.8) is 0 Å². The van der Waals surface area contributed by atoms with Crippen LogP contribution in [-0.4, -0.2) is 20.9 Å². The summed E-state index contributed by atoms with van der Waals surface area (Å²) in [7, 11) is -3.85. The first-order valence-corrected chi connectivity index (χ1v) is 8.91. The fourth-order valence-corrected chi connectivity index (χ4v) is 3.13. The lowest BCUT2D eigenvalue weighted by molar-refractivity contribution is -0.118. The Bertz CT molecular complexity index is 882. The van der Waals surface area contributed by atoms with Crippen LogP contribution in [0.3, 0.4) is 0 Å². The number of rotatable bonds is 5. The van der Waals surface area contributed by atoms with E-state index in [1.165, 1.54) is 6.07 Å². The van der Waals surface area contributed by atoms with Crippen LogP contribution < -0.4 is 15.2 Å². The summed E-state index contributed by atoms with van der Waals surface area (Å²) >= 11 is 5.86. The number of primary sulfonamides is 1. The number of amides is 1. The molecule has 0 fully saturated rings. The van der Waals surface area contributed by atoms with E-state index in [4.69, 9.17) is 21.5 Å². The van der Waals surface area contributed by atoms with E-state index in [1.54, 1.807) is 37.3 Å². The van der Waals surface area contributed by atoms with Crippen LogP contribution in [0.4, 0.5) is 5.69 Å². The highest BCUT2D eigenvalue weighted by Crippen LogP contribution is 2.22. The topological polar surface area (TPSA) is 98.5 Å². The molecule has 24 heavy (non-hydrogen) atoms. The Labute approximate surface area is 145 Å². The van der Waals surface area contributed by atoms with Crippen LogP contribution in [0.25, 0.3) is 0 Å². The Hall–Kier alpha value is -2.09. The third-order valence-corrected chi connectivity index (χ3v) is 4.56. The summed E-state index contributed by atoms with van der Waals surface area (Å²) in [5.74, 6) is 0.122. The molecule has 2 aromatic carbocycles. The Morgan fingerprint density at radius 3 is 2.50 bits per heavy atom. The van der Waals surface area contributed by atoms with Gasteiger partial charge in [-0.3, -0.25) is 4.79 Å². The van der Waals surface area contributed by atoms with Crippen molar-refractivity contribution in [1.29, 1.82) is 0 Å². The Kier molecular flexibility index (Phi) is 5.48. The molecule has 0 aromatic heterocycles. The van der Waals surface area contributed by atoms with E-state index in [0.29, 0.717) is 22.0 Å². The third kappa shape index (κ3) is 4.70. The van der Waals surface area contributed by atoms with Crippen LogP contribution in [0.2, 0.25) is 5.02 Å². The zero-order chi connectivity index (χ0) is 17.9. The molecular formula is C16H17ClN2O4S. The molecule has 0 heterocycles. The normalized spacial score (nSPS) is 11.2. The Morgan fingerprint density at radius 1 is 1.17 bits per heavy atom. The highest BCUT2D eigenvalue weighted by Gasteiger charge is 2.13. The summed E-state index contributed by atoms with van der Waals surface area (Å²) < 4.78 is 28.4. The average molecular weight is 369 g/mol. The Morgan fingerprint density at radius 2 is 1.88 bits per heavy atom. The largest absolute Gasteiger partial charge is 0.483 e. The maximum atomic E-state index is 12.0. The monoisotopic (exact) mass is 368 g/mol. The number of aryl methyl sites for hydroxylation is 2. The van der Waals surface area contributed by atoms with Gasteiger partial charge in [0, 0.05) is 10.7 Å². The molecule has 2 aromatic rings. The number of halogens is 1. The maximum absolute atomic E-state index is 12.0. The van der Waals surface area contributed by atoms with Gasteiger partial charge in [0.05, 0.1) is 4.90 Å². The van der Waals surface area contributed by atoms with Crippen molar-refractivity contribution < 1.29 is 17.9 Å². The zero-order valence-corrected chi connectivity index (χ0v) is 14.7. The van der Waals surface area contributed by atoms with Gasteiger partial charge in [-0.05, 0) is 55.3 Å². The molecule has 2 rings (SSSR count). The van der Waals surface area contributed by atoms with E-state index < -0.39 is 15.9 Å². The summed E-state index contributed by atoms with van der Waals surface area (Å²) in [6, 6.07) is 9.55. The number of carbonyl (C=O) groups is 1. The van der Waals surface area contributed by atoms with E-state index in [2.05, 4.69) is 5.32 Å². The molecule has 3 N–H and O–H groups in total. The number of hydrogen-bond acceptors (Lipinski definition) is 4. The number of anilines is 1. The Balaban J connectivity index is 2.05. The van der Waals surface area contributed by atoms with Crippen molar-refractivity contribution in [3.8, 4) is 5.75 Å². The van der Waals surface area contributed by atoms with Gasteiger partial charge in [-0.15, -0.1) is 0 Å². The van der Waals surface area contributed by atoms with Gasteiger partial charge in [-0.2, -0.15) is 0 Å². The molecule has 6 nitrogen and oxygen atoms in total. The summed E-state index contributed by atoms with van der Waals surface area (Å²) in [5.41, 5.74) is 1.64. The molecule has 0 bridgehead atoms. The second kappa shape index (κ2) is 7.21. The van der Waals surface area contributed by atoms with Crippen LogP contribution in [0.5, 0.6) is 5.75 Å². The zero-order valence-electron chi connectivity index (χ0n) is 13.2. The first-order valence-electron chi connectivity index (χ1n) is 6.99. The van der Waals surface area contributed by atoms with Crippen molar-refractivity contribution in [1.82, 2.24) is 0 Å². The third-order valence-electron chi connectivity index (χ3n) is 3.27.